The quantitative estimate of drug-likeness (QED) is 0.820. The molecule has 3 nitrogen and oxygen atoms in total. The fourth-order valence-electron chi connectivity index (χ4n) is 2.48. The molecule has 1 aliphatic heterocycles. The number of carbonyl (C=O) groups is 1. The molecule has 1 atom stereocenters. The molecule has 0 spiro atoms. The maximum absolute atomic E-state index is 11.1. The molecule has 0 radical (unpaired) electrons. The number of hydrogen-bond acceptors (Lipinski definition) is 2. The van der Waals surface area contributed by atoms with Crippen molar-refractivity contribution in [3.8, 4) is 0 Å². The number of nitrogens with zero attached hydrogens (tertiary/aromatic N) is 1. The number of carbonyl (C=O) groups excluding carboxylic acids is 1. The maximum Gasteiger partial charge on any atom is 0.236 e. The Morgan fingerprint density at radius 2 is 2.06 bits per heavy atom. The summed E-state index contributed by atoms with van der Waals surface area (Å²) in [6.07, 6.45) is 0. The fraction of sp³-hybridized carbons (Fsp3) is 0.462. The molecule has 0 aliphatic carbocycles. The number of fused-ring (bicyclic) bond motifs is 1. The first-order valence-electron chi connectivity index (χ1n) is 5.59. The lowest BCUT2D eigenvalue weighted by Crippen LogP contribution is -2.43. The monoisotopic (exact) mass is 218 g/mol. The second-order valence-corrected chi connectivity index (χ2v) is 5.01. The molecule has 2 rings (SSSR count). The Hall–Kier alpha value is -1.51. The van der Waals surface area contributed by atoms with Gasteiger partial charge in [-0.25, -0.2) is 0 Å². The molecule has 0 saturated carbocycles. The Morgan fingerprint density at radius 1 is 1.44 bits per heavy atom. The summed E-state index contributed by atoms with van der Waals surface area (Å²) < 4.78 is 0. The van der Waals surface area contributed by atoms with Gasteiger partial charge in [0, 0.05) is 17.1 Å². The molecule has 86 valence electrons. The molecule has 16 heavy (non-hydrogen) atoms. The van der Waals surface area contributed by atoms with Crippen LogP contribution >= 0.6 is 0 Å². The molecule has 0 unspecified atom stereocenters. The van der Waals surface area contributed by atoms with Crippen molar-refractivity contribution >= 4 is 11.6 Å². The third-order valence-corrected chi connectivity index (χ3v) is 3.75. The van der Waals surface area contributed by atoms with Gasteiger partial charge in [-0.2, -0.15) is 0 Å². The number of nitrogens with two attached hydrogens (primary N) is 1. The van der Waals surface area contributed by atoms with Crippen LogP contribution in [0.2, 0.25) is 0 Å². The predicted molar refractivity (Wildman–Crippen MR) is 65.5 cm³/mol. The Balaban J connectivity index is 2.47. The zero-order valence-electron chi connectivity index (χ0n) is 10.0. The molecule has 1 aliphatic rings. The van der Waals surface area contributed by atoms with Gasteiger partial charge in [-0.3, -0.25) is 4.79 Å². The molecular formula is C13H18N2O. The SMILES string of the molecule is C[C@@H]1N(CC(N)=O)c2ccccc2C1(C)C. The average Bonchev–Trinajstić information content (AvgIpc) is 2.41. The summed E-state index contributed by atoms with van der Waals surface area (Å²) in [6.45, 7) is 6.85. The van der Waals surface area contributed by atoms with Gasteiger partial charge in [-0.05, 0) is 18.6 Å². The van der Waals surface area contributed by atoms with Gasteiger partial charge in [0.15, 0.2) is 0 Å². The van der Waals surface area contributed by atoms with E-state index in [0.29, 0.717) is 6.54 Å². The Morgan fingerprint density at radius 3 is 2.69 bits per heavy atom. The third-order valence-electron chi connectivity index (χ3n) is 3.75. The molecule has 1 aromatic rings. The van der Waals surface area contributed by atoms with Gasteiger partial charge in [-0.15, -0.1) is 0 Å². The number of benzene rings is 1. The maximum atomic E-state index is 11.1. The van der Waals surface area contributed by atoms with Gasteiger partial charge in [0.2, 0.25) is 5.91 Å². The highest BCUT2D eigenvalue weighted by Crippen LogP contribution is 2.44. The number of amides is 1. The zero-order valence-corrected chi connectivity index (χ0v) is 10.0. The average molecular weight is 218 g/mol. The highest BCUT2D eigenvalue weighted by atomic mass is 16.1. The molecule has 0 saturated heterocycles. The van der Waals surface area contributed by atoms with Crippen LogP contribution in [-0.2, 0) is 10.2 Å². The zero-order chi connectivity index (χ0) is 11.9. The van der Waals surface area contributed by atoms with Crippen LogP contribution in [0.4, 0.5) is 5.69 Å². The molecule has 2 N–H and O–H groups in total. The lowest BCUT2D eigenvalue weighted by molar-refractivity contribution is -0.116. The first kappa shape index (κ1) is 11.0. The van der Waals surface area contributed by atoms with E-state index in [1.165, 1.54) is 5.56 Å². The van der Waals surface area contributed by atoms with Gasteiger partial charge in [0.25, 0.3) is 0 Å². The van der Waals surface area contributed by atoms with Crippen molar-refractivity contribution < 1.29 is 4.79 Å². The van der Waals surface area contributed by atoms with Crippen LogP contribution < -0.4 is 10.6 Å². The predicted octanol–water partition coefficient (Wildman–Crippen LogP) is 1.66. The van der Waals surface area contributed by atoms with E-state index in [1.807, 2.05) is 12.1 Å². The van der Waals surface area contributed by atoms with Gasteiger partial charge >= 0.3 is 0 Å². The molecule has 0 fully saturated rings. The second-order valence-electron chi connectivity index (χ2n) is 5.01. The van der Waals surface area contributed by atoms with E-state index in [9.17, 15) is 4.79 Å². The largest absolute Gasteiger partial charge is 0.368 e. The first-order chi connectivity index (χ1) is 7.44. The van der Waals surface area contributed by atoms with Crippen molar-refractivity contribution in [3.63, 3.8) is 0 Å². The van der Waals surface area contributed by atoms with Gasteiger partial charge in [0.1, 0.15) is 0 Å². The van der Waals surface area contributed by atoms with Crippen LogP contribution in [-0.4, -0.2) is 18.5 Å². The van der Waals surface area contributed by atoms with E-state index < -0.39 is 0 Å². The lowest BCUT2D eigenvalue weighted by Gasteiger charge is -2.30. The van der Waals surface area contributed by atoms with E-state index in [-0.39, 0.29) is 17.4 Å². The minimum Gasteiger partial charge on any atom is -0.368 e. The van der Waals surface area contributed by atoms with Crippen LogP contribution in [0, 0.1) is 0 Å². The molecular weight excluding hydrogens is 200 g/mol. The normalized spacial score (nSPS) is 21.9. The summed E-state index contributed by atoms with van der Waals surface area (Å²) in [6, 6.07) is 8.52. The van der Waals surface area contributed by atoms with Gasteiger partial charge in [-0.1, -0.05) is 32.0 Å². The van der Waals surface area contributed by atoms with Crippen LogP contribution in [0.5, 0.6) is 0 Å². The van der Waals surface area contributed by atoms with Crippen molar-refractivity contribution in [3.05, 3.63) is 29.8 Å². The number of primary amides is 1. The van der Waals surface area contributed by atoms with E-state index >= 15 is 0 Å². The van der Waals surface area contributed by atoms with E-state index in [0.717, 1.165) is 5.69 Å². The van der Waals surface area contributed by atoms with Crippen molar-refractivity contribution in [2.75, 3.05) is 11.4 Å². The number of anilines is 1. The number of hydrogen-bond donors (Lipinski definition) is 1. The van der Waals surface area contributed by atoms with Crippen molar-refractivity contribution in [1.82, 2.24) is 0 Å². The molecule has 1 heterocycles. The molecule has 3 heteroatoms. The van der Waals surface area contributed by atoms with Crippen molar-refractivity contribution in [2.24, 2.45) is 5.73 Å². The van der Waals surface area contributed by atoms with E-state index in [1.54, 1.807) is 0 Å². The summed E-state index contributed by atoms with van der Waals surface area (Å²) in [4.78, 5) is 13.2. The summed E-state index contributed by atoms with van der Waals surface area (Å²) >= 11 is 0. The van der Waals surface area contributed by atoms with Crippen LogP contribution in [0.3, 0.4) is 0 Å². The summed E-state index contributed by atoms with van der Waals surface area (Å²) in [5, 5.41) is 0. The molecule has 0 bridgehead atoms. The van der Waals surface area contributed by atoms with Crippen LogP contribution in [0.15, 0.2) is 24.3 Å². The van der Waals surface area contributed by atoms with Gasteiger partial charge < -0.3 is 10.6 Å². The summed E-state index contributed by atoms with van der Waals surface area (Å²) in [7, 11) is 0. The van der Waals surface area contributed by atoms with Gasteiger partial charge in [0.05, 0.1) is 6.54 Å². The van der Waals surface area contributed by atoms with Crippen molar-refractivity contribution in [2.45, 2.75) is 32.2 Å². The number of rotatable bonds is 2. The molecule has 1 aromatic carbocycles. The Bertz CT molecular complexity index is 426. The van der Waals surface area contributed by atoms with Crippen LogP contribution in [0.1, 0.15) is 26.3 Å². The second kappa shape index (κ2) is 3.51. The third kappa shape index (κ3) is 1.47. The molecule has 0 aromatic heterocycles. The smallest absolute Gasteiger partial charge is 0.236 e. The Labute approximate surface area is 96.2 Å². The summed E-state index contributed by atoms with van der Waals surface area (Å²) in [5.74, 6) is -0.278. The van der Waals surface area contributed by atoms with Crippen molar-refractivity contribution in [1.29, 1.82) is 0 Å². The lowest BCUT2D eigenvalue weighted by atomic mass is 9.81. The van der Waals surface area contributed by atoms with Crippen LogP contribution in [0.25, 0.3) is 0 Å². The first-order valence-corrected chi connectivity index (χ1v) is 5.59. The minimum absolute atomic E-state index is 0.0616. The fourth-order valence-corrected chi connectivity index (χ4v) is 2.48. The highest BCUT2D eigenvalue weighted by Gasteiger charge is 2.41. The Kier molecular flexibility index (Phi) is 2.41. The van der Waals surface area contributed by atoms with E-state index in [4.69, 9.17) is 5.73 Å². The molecule has 1 amide bonds. The standard InChI is InChI=1S/C13H18N2O/c1-9-13(2,3)10-6-4-5-7-11(10)15(9)8-12(14)16/h4-7,9H,8H2,1-3H3,(H2,14,16)/t9-/m0/s1. The highest BCUT2D eigenvalue weighted by molar-refractivity contribution is 5.81. The summed E-state index contributed by atoms with van der Waals surface area (Å²) in [5.41, 5.74) is 7.79. The minimum atomic E-state index is -0.278. The number of para-hydroxylation sites is 1. The topological polar surface area (TPSA) is 46.3 Å². The van der Waals surface area contributed by atoms with E-state index in [2.05, 4.69) is 37.8 Å².